The van der Waals surface area contributed by atoms with E-state index in [9.17, 15) is 4.79 Å². The Kier molecular flexibility index (Phi) is 4.74. The van der Waals surface area contributed by atoms with Gasteiger partial charge in [-0.3, -0.25) is 15.1 Å². The van der Waals surface area contributed by atoms with E-state index in [1.54, 1.807) is 6.07 Å². The zero-order valence-corrected chi connectivity index (χ0v) is 13.6. The number of hydrogen-bond donors (Lipinski definition) is 2. The minimum absolute atomic E-state index is 0.159. The van der Waals surface area contributed by atoms with Crippen LogP contribution in [0.1, 0.15) is 24.5 Å². The van der Waals surface area contributed by atoms with E-state index in [1.807, 2.05) is 42.5 Å². The fraction of sp³-hybridized carbons (Fsp3) is 0.222. The number of benzene rings is 2. The minimum atomic E-state index is -0.615. The third kappa shape index (κ3) is 3.44. The molecular formula is C18H18ClN3O. The number of hydrogen-bond acceptors (Lipinski definition) is 3. The van der Waals surface area contributed by atoms with Gasteiger partial charge in [0.1, 0.15) is 0 Å². The fourth-order valence-electron chi connectivity index (χ4n) is 2.53. The Hall–Kier alpha value is -2.17. The van der Waals surface area contributed by atoms with Gasteiger partial charge < -0.3 is 5.32 Å². The van der Waals surface area contributed by atoms with Crippen LogP contribution in [0.4, 0.5) is 5.69 Å². The molecule has 0 bridgehead atoms. The van der Waals surface area contributed by atoms with Gasteiger partial charge >= 0.3 is 0 Å². The van der Waals surface area contributed by atoms with E-state index in [0.717, 1.165) is 35.5 Å². The highest BCUT2D eigenvalue weighted by molar-refractivity contribution is 6.32. The van der Waals surface area contributed by atoms with Crippen molar-refractivity contribution in [1.29, 1.82) is 0 Å². The van der Waals surface area contributed by atoms with Crippen molar-refractivity contribution in [2.45, 2.75) is 19.5 Å². The first kappa shape index (κ1) is 15.7. The Morgan fingerprint density at radius 2 is 2.00 bits per heavy atom. The van der Waals surface area contributed by atoms with E-state index >= 15 is 0 Å². The van der Waals surface area contributed by atoms with Gasteiger partial charge in [0, 0.05) is 16.1 Å². The lowest BCUT2D eigenvalue weighted by Gasteiger charge is -2.12. The van der Waals surface area contributed by atoms with Gasteiger partial charge in [0.2, 0.25) is 0 Å². The Bertz CT molecular complexity index is 743. The first-order valence-electron chi connectivity index (χ1n) is 7.66. The number of rotatable bonds is 4. The first-order chi connectivity index (χ1) is 11.2. The summed E-state index contributed by atoms with van der Waals surface area (Å²) in [5.74, 6) is -0.159. The number of halogens is 1. The molecule has 2 N–H and O–H groups in total. The molecule has 0 radical (unpaired) electrons. The molecular weight excluding hydrogens is 310 g/mol. The van der Waals surface area contributed by atoms with Crippen molar-refractivity contribution in [3.05, 3.63) is 64.7 Å². The monoisotopic (exact) mass is 327 g/mol. The van der Waals surface area contributed by atoms with Crippen molar-refractivity contribution < 1.29 is 4.79 Å². The normalized spacial score (nSPS) is 17.0. The van der Waals surface area contributed by atoms with Gasteiger partial charge in [-0.25, -0.2) is 0 Å². The summed E-state index contributed by atoms with van der Waals surface area (Å²) in [5, 5.41) is 6.72. The molecule has 4 nitrogen and oxygen atoms in total. The molecule has 1 atom stereocenters. The topological polar surface area (TPSA) is 53.5 Å². The average molecular weight is 328 g/mol. The number of anilines is 1. The molecule has 2 aromatic rings. The molecule has 118 valence electrons. The second-order valence-electron chi connectivity index (χ2n) is 5.38. The largest absolute Gasteiger partial charge is 0.322 e. The first-order valence-corrected chi connectivity index (χ1v) is 8.04. The molecule has 1 aliphatic heterocycles. The van der Waals surface area contributed by atoms with Gasteiger partial charge in [-0.1, -0.05) is 48.9 Å². The van der Waals surface area contributed by atoms with Crippen LogP contribution < -0.4 is 10.6 Å². The van der Waals surface area contributed by atoms with Crippen molar-refractivity contribution in [2.24, 2.45) is 4.99 Å². The van der Waals surface area contributed by atoms with Crippen molar-refractivity contribution in [2.75, 3.05) is 11.9 Å². The third-order valence-corrected chi connectivity index (χ3v) is 3.87. The molecule has 1 heterocycles. The highest BCUT2D eigenvalue weighted by Gasteiger charge is 2.25. The number of nitrogens with one attached hydrogen (secondary N) is 2. The second-order valence-corrected chi connectivity index (χ2v) is 5.82. The van der Waals surface area contributed by atoms with E-state index in [0.29, 0.717) is 5.02 Å². The third-order valence-electron chi connectivity index (χ3n) is 3.64. The number of fused-ring (bicyclic) bond motifs is 1. The van der Waals surface area contributed by atoms with Crippen LogP contribution in [-0.2, 0) is 4.79 Å². The summed E-state index contributed by atoms with van der Waals surface area (Å²) in [6, 6.07) is 15.3. The van der Waals surface area contributed by atoms with Gasteiger partial charge in [-0.15, -0.1) is 0 Å². The van der Waals surface area contributed by atoms with E-state index in [1.165, 1.54) is 0 Å². The van der Waals surface area contributed by atoms with Gasteiger partial charge in [-0.05, 0) is 31.2 Å². The molecule has 3 rings (SSSR count). The van der Waals surface area contributed by atoms with Crippen LogP contribution in [0.3, 0.4) is 0 Å². The molecule has 0 aliphatic carbocycles. The van der Waals surface area contributed by atoms with Crippen LogP contribution in [0.15, 0.2) is 53.5 Å². The van der Waals surface area contributed by atoms with E-state index < -0.39 is 6.17 Å². The predicted octanol–water partition coefficient (Wildman–Crippen LogP) is 3.46. The molecule has 1 aliphatic rings. The standard InChI is InChI=1S/C18H18ClN3O/c1-2-10-20-17-18(23)21-15-9-8-13(19)11-14(15)16(22-17)12-6-4-3-5-7-12/h3-9,11,17,20H,2,10H2,1H3,(H,21,23). The average Bonchev–Trinajstić information content (AvgIpc) is 2.70. The summed E-state index contributed by atoms with van der Waals surface area (Å²) < 4.78 is 0. The van der Waals surface area contributed by atoms with Crippen molar-refractivity contribution in [1.82, 2.24) is 5.32 Å². The zero-order chi connectivity index (χ0) is 16.2. The van der Waals surface area contributed by atoms with E-state index in [-0.39, 0.29) is 5.91 Å². The zero-order valence-electron chi connectivity index (χ0n) is 12.8. The summed E-state index contributed by atoms with van der Waals surface area (Å²) in [7, 11) is 0. The maximum absolute atomic E-state index is 12.4. The summed E-state index contributed by atoms with van der Waals surface area (Å²) in [6.45, 7) is 2.78. The second kappa shape index (κ2) is 6.94. The maximum atomic E-state index is 12.4. The van der Waals surface area contributed by atoms with Crippen molar-refractivity contribution >= 4 is 28.9 Å². The highest BCUT2D eigenvalue weighted by atomic mass is 35.5. The van der Waals surface area contributed by atoms with Crippen LogP contribution in [0, 0.1) is 0 Å². The summed E-state index contributed by atoms with van der Waals surface area (Å²) in [6.07, 6.45) is 0.315. The van der Waals surface area contributed by atoms with Gasteiger partial charge in [0.25, 0.3) is 5.91 Å². The van der Waals surface area contributed by atoms with Crippen LogP contribution in [0.25, 0.3) is 0 Å². The lowest BCUT2D eigenvalue weighted by atomic mass is 10.0. The molecule has 1 unspecified atom stereocenters. The number of amides is 1. The molecule has 23 heavy (non-hydrogen) atoms. The summed E-state index contributed by atoms with van der Waals surface area (Å²) >= 11 is 6.16. The van der Waals surface area contributed by atoms with E-state index in [2.05, 4.69) is 22.5 Å². The maximum Gasteiger partial charge on any atom is 0.263 e. The van der Waals surface area contributed by atoms with Crippen LogP contribution in [-0.4, -0.2) is 24.3 Å². The molecule has 0 aromatic heterocycles. The number of carbonyl (C=O) groups excluding carboxylic acids is 1. The van der Waals surface area contributed by atoms with Gasteiger partial charge in [0.15, 0.2) is 6.17 Å². The summed E-state index contributed by atoms with van der Waals surface area (Å²) in [4.78, 5) is 17.1. The van der Waals surface area contributed by atoms with Crippen LogP contribution in [0.2, 0.25) is 5.02 Å². The number of aliphatic imine (C=N–C) groups is 1. The molecule has 0 saturated carbocycles. The number of benzodiazepines with no additional fused rings is 1. The Morgan fingerprint density at radius 1 is 1.22 bits per heavy atom. The van der Waals surface area contributed by atoms with E-state index in [4.69, 9.17) is 11.6 Å². The van der Waals surface area contributed by atoms with Crippen LogP contribution >= 0.6 is 11.6 Å². The molecule has 1 amide bonds. The van der Waals surface area contributed by atoms with Crippen LogP contribution in [0.5, 0.6) is 0 Å². The van der Waals surface area contributed by atoms with Gasteiger partial charge in [0.05, 0.1) is 11.4 Å². The Labute approximate surface area is 140 Å². The Balaban J connectivity index is 2.13. The predicted molar refractivity (Wildman–Crippen MR) is 94.2 cm³/mol. The lowest BCUT2D eigenvalue weighted by Crippen LogP contribution is -2.39. The fourth-order valence-corrected chi connectivity index (χ4v) is 2.70. The minimum Gasteiger partial charge on any atom is -0.322 e. The molecule has 0 spiro atoms. The van der Waals surface area contributed by atoms with Gasteiger partial charge in [-0.2, -0.15) is 0 Å². The van der Waals surface area contributed by atoms with Crippen molar-refractivity contribution in [3.8, 4) is 0 Å². The quantitative estimate of drug-likeness (QED) is 0.903. The Morgan fingerprint density at radius 3 is 2.74 bits per heavy atom. The van der Waals surface area contributed by atoms with Crippen molar-refractivity contribution in [3.63, 3.8) is 0 Å². The molecule has 2 aromatic carbocycles. The lowest BCUT2D eigenvalue weighted by molar-refractivity contribution is -0.117. The number of nitrogens with zero attached hydrogens (tertiary/aromatic N) is 1. The number of carbonyl (C=O) groups is 1. The summed E-state index contributed by atoms with van der Waals surface area (Å²) in [5.41, 5.74) is 3.27. The molecule has 0 fully saturated rings. The smallest absolute Gasteiger partial charge is 0.263 e. The SMILES string of the molecule is CCCNC1N=C(c2ccccc2)c2cc(Cl)ccc2NC1=O. The molecule has 0 saturated heterocycles. The highest BCUT2D eigenvalue weighted by Crippen LogP contribution is 2.26. The molecule has 5 heteroatoms.